The Bertz CT molecular complexity index is 713. The van der Waals surface area contributed by atoms with Crippen molar-refractivity contribution in [3.63, 3.8) is 0 Å². The number of aromatic nitrogens is 1. The highest BCUT2D eigenvalue weighted by molar-refractivity contribution is 9.10. The first-order valence-corrected chi connectivity index (χ1v) is 6.35. The van der Waals surface area contributed by atoms with Crippen molar-refractivity contribution in [2.45, 2.75) is 6.92 Å². The van der Waals surface area contributed by atoms with Gasteiger partial charge in [-0.1, -0.05) is 28.1 Å². The van der Waals surface area contributed by atoms with E-state index in [0.29, 0.717) is 11.6 Å². The van der Waals surface area contributed by atoms with Gasteiger partial charge < -0.3 is 10.2 Å². The molecule has 2 aromatic carbocycles. The molecule has 3 rings (SSSR count). The summed E-state index contributed by atoms with van der Waals surface area (Å²) in [6, 6.07) is 11.6. The van der Waals surface area contributed by atoms with E-state index < -0.39 is 0 Å². The number of nitrogens with two attached hydrogens (primary N) is 1. The number of nitrogen functional groups attached to an aromatic ring is 1. The van der Waals surface area contributed by atoms with E-state index in [1.54, 1.807) is 0 Å². The van der Waals surface area contributed by atoms with Gasteiger partial charge in [-0.15, -0.1) is 0 Å². The quantitative estimate of drug-likeness (QED) is 0.687. The minimum Gasteiger partial charge on any atom is -0.436 e. The molecule has 0 bridgehead atoms. The second-order valence-electron chi connectivity index (χ2n) is 4.22. The van der Waals surface area contributed by atoms with Crippen molar-refractivity contribution in [1.82, 2.24) is 4.98 Å². The lowest BCUT2D eigenvalue weighted by Gasteiger charge is -1.99. The van der Waals surface area contributed by atoms with Crippen LogP contribution in [0.4, 0.5) is 5.69 Å². The smallest absolute Gasteiger partial charge is 0.227 e. The van der Waals surface area contributed by atoms with E-state index in [4.69, 9.17) is 10.2 Å². The highest BCUT2D eigenvalue weighted by Gasteiger charge is 2.10. The van der Waals surface area contributed by atoms with Crippen molar-refractivity contribution in [1.29, 1.82) is 0 Å². The maximum absolute atomic E-state index is 5.82. The summed E-state index contributed by atoms with van der Waals surface area (Å²) in [5, 5.41) is 0. The van der Waals surface area contributed by atoms with Crippen LogP contribution in [0.25, 0.3) is 22.6 Å². The Morgan fingerprint density at radius 1 is 1.22 bits per heavy atom. The second-order valence-corrected chi connectivity index (χ2v) is 5.13. The molecule has 2 N–H and O–H groups in total. The summed E-state index contributed by atoms with van der Waals surface area (Å²) >= 11 is 3.42. The zero-order valence-corrected chi connectivity index (χ0v) is 11.4. The fourth-order valence-electron chi connectivity index (χ4n) is 1.95. The molecular formula is C14H11BrN2O. The van der Waals surface area contributed by atoms with Gasteiger partial charge >= 0.3 is 0 Å². The summed E-state index contributed by atoms with van der Waals surface area (Å²) < 4.78 is 6.72. The van der Waals surface area contributed by atoms with E-state index in [9.17, 15) is 0 Å². The largest absolute Gasteiger partial charge is 0.436 e. The highest BCUT2D eigenvalue weighted by Crippen LogP contribution is 2.29. The van der Waals surface area contributed by atoms with Crippen LogP contribution >= 0.6 is 15.9 Å². The van der Waals surface area contributed by atoms with Crippen LogP contribution in [-0.4, -0.2) is 4.98 Å². The lowest BCUT2D eigenvalue weighted by atomic mass is 10.2. The molecule has 0 unspecified atom stereocenters. The molecular weight excluding hydrogens is 292 g/mol. The third-order valence-corrected chi connectivity index (χ3v) is 3.24. The Morgan fingerprint density at radius 2 is 2.06 bits per heavy atom. The predicted molar refractivity (Wildman–Crippen MR) is 76.3 cm³/mol. The molecule has 0 aliphatic carbocycles. The molecule has 18 heavy (non-hydrogen) atoms. The topological polar surface area (TPSA) is 52.0 Å². The summed E-state index contributed by atoms with van der Waals surface area (Å²) in [7, 11) is 0. The zero-order chi connectivity index (χ0) is 12.7. The van der Waals surface area contributed by atoms with Crippen molar-refractivity contribution in [3.05, 3.63) is 46.4 Å². The number of hydrogen-bond acceptors (Lipinski definition) is 3. The van der Waals surface area contributed by atoms with Gasteiger partial charge in [-0.3, -0.25) is 0 Å². The van der Waals surface area contributed by atoms with Crippen molar-refractivity contribution in [3.8, 4) is 11.5 Å². The molecule has 0 radical (unpaired) electrons. The first-order chi connectivity index (χ1) is 8.63. The molecule has 90 valence electrons. The average molecular weight is 303 g/mol. The van der Waals surface area contributed by atoms with Crippen LogP contribution in [0, 0.1) is 6.92 Å². The zero-order valence-electron chi connectivity index (χ0n) is 9.77. The van der Waals surface area contributed by atoms with Crippen LogP contribution in [0.15, 0.2) is 45.3 Å². The van der Waals surface area contributed by atoms with Gasteiger partial charge in [-0.05, 0) is 36.8 Å². The Kier molecular flexibility index (Phi) is 2.59. The molecule has 3 nitrogen and oxygen atoms in total. The predicted octanol–water partition coefficient (Wildman–Crippen LogP) is 4.15. The molecule has 4 heteroatoms. The first kappa shape index (κ1) is 11.3. The number of benzene rings is 2. The number of oxazole rings is 1. The summed E-state index contributed by atoms with van der Waals surface area (Å²) in [5.41, 5.74) is 10.1. The van der Waals surface area contributed by atoms with Crippen LogP contribution in [0.5, 0.6) is 0 Å². The van der Waals surface area contributed by atoms with Crippen LogP contribution < -0.4 is 5.73 Å². The lowest BCUT2D eigenvalue weighted by Crippen LogP contribution is -1.86. The van der Waals surface area contributed by atoms with E-state index in [1.165, 1.54) is 0 Å². The fraction of sp³-hybridized carbons (Fsp3) is 0.0714. The van der Waals surface area contributed by atoms with Crippen LogP contribution in [0.3, 0.4) is 0 Å². The standard InChI is InChI=1S/C14H11BrN2O/c1-8-3-2-4-12-13(8)18-14(17-12)9-5-10(15)7-11(16)6-9/h2-7H,16H2,1H3. The molecule has 0 saturated heterocycles. The number of aryl methyl sites for hydroxylation is 1. The van der Waals surface area contributed by atoms with Crippen molar-refractivity contribution < 1.29 is 4.42 Å². The van der Waals surface area contributed by atoms with Gasteiger partial charge in [-0.25, -0.2) is 4.98 Å². The molecule has 0 atom stereocenters. The van der Waals surface area contributed by atoms with Crippen LogP contribution in [0.2, 0.25) is 0 Å². The van der Waals surface area contributed by atoms with Gasteiger partial charge in [0.25, 0.3) is 0 Å². The van der Waals surface area contributed by atoms with Crippen molar-refractivity contribution in [2.75, 3.05) is 5.73 Å². The van der Waals surface area contributed by atoms with E-state index in [0.717, 1.165) is 26.7 Å². The maximum atomic E-state index is 5.82. The number of fused-ring (bicyclic) bond motifs is 1. The third-order valence-electron chi connectivity index (χ3n) is 2.78. The molecule has 1 heterocycles. The number of nitrogens with zero attached hydrogens (tertiary/aromatic N) is 1. The van der Waals surface area contributed by atoms with E-state index in [2.05, 4.69) is 20.9 Å². The SMILES string of the molecule is Cc1cccc2nc(-c3cc(N)cc(Br)c3)oc12. The lowest BCUT2D eigenvalue weighted by molar-refractivity contribution is 0.617. The number of halogens is 1. The summed E-state index contributed by atoms with van der Waals surface area (Å²) in [5.74, 6) is 0.590. The third kappa shape index (κ3) is 1.88. The van der Waals surface area contributed by atoms with Crippen LogP contribution in [-0.2, 0) is 0 Å². The van der Waals surface area contributed by atoms with Gasteiger partial charge in [0.2, 0.25) is 5.89 Å². The highest BCUT2D eigenvalue weighted by atomic mass is 79.9. The second kappa shape index (κ2) is 4.14. The molecule has 3 aromatic rings. The maximum Gasteiger partial charge on any atom is 0.227 e. The van der Waals surface area contributed by atoms with E-state index in [-0.39, 0.29) is 0 Å². The van der Waals surface area contributed by atoms with Gasteiger partial charge in [0.05, 0.1) is 0 Å². The normalized spacial score (nSPS) is 11.0. The molecule has 1 aromatic heterocycles. The Hall–Kier alpha value is -1.81. The number of hydrogen-bond donors (Lipinski definition) is 1. The number of para-hydroxylation sites is 1. The number of anilines is 1. The van der Waals surface area contributed by atoms with Crippen molar-refractivity contribution >= 4 is 32.7 Å². The van der Waals surface area contributed by atoms with Crippen molar-refractivity contribution in [2.24, 2.45) is 0 Å². The average Bonchev–Trinajstić information content (AvgIpc) is 2.73. The molecule has 0 spiro atoms. The molecule has 0 amide bonds. The minimum absolute atomic E-state index is 0.590. The Labute approximate surface area is 113 Å². The number of rotatable bonds is 1. The van der Waals surface area contributed by atoms with Gasteiger partial charge in [-0.2, -0.15) is 0 Å². The van der Waals surface area contributed by atoms with Gasteiger partial charge in [0.1, 0.15) is 5.52 Å². The molecule has 0 saturated carbocycles. The molecule has 0 aliphatic rings. The minimum atomic E-state index is 0.590. The van der Waals surface area contributed by atoms with E-state index >= 15 is 0 Å². The summed E-state index contributed by atoms with van der Waals surface area (Å²) in [4.78, 5) is 4.48. The van der Waals surface area contributed by atoms with E-state index in [1.807, 2.05) is 43.3 Å². The Balaban J connectivity index is 2.22. The summed E-state index contributed by atoms with van der Waals surface area (Å²) in [6.07, 6.45) is 0. The Morgan fingerprint density at radius 3 is 2.78 bits per heavy atom. The van der Waals surface area contributed by atoms with Gasteiger partial charge in [0.15, 0.2) is 5.58 Å². The van der Waals surface area contributed by atoms with Crippen LogP contribution in [0.1, 0.15) is 5.56 Å². The van der Waals surface area contributed by atoms with Gasteiger partial charge in [0, 0.05) is 15.7 Å². The molecule has 0 aliphatic heterocycles. The summed E-state index contributed by atoms with van der Waals surface area (Å²) in [6.45, 7) is 2.01. The monoisotopic (exact) mass is 302 g/mol. The molecule has 0 fully saturated rings. The fourth-order valence-corrected chi connectivity index (χ4v) is 2.46. The first-order valence-electron chi connectivity index (χ1n) is 5.56.